The third-order valence-electron chi connectivity index (χ3n) is 3.90. The van der Waals surface area contributed by atoms with Crippen LogP contribution in [0.5, 0.6) is 0 Å². The zero-order valence-electron chi connectivity index (χ0n) is 14.9. The first-order valence-electron chi connectivity index (χ1n) is 8.59. The molecular formula is C19H19ClN4O3S. The van der Waals surface area contributed by atoms with Crippen LogP contribution in [0.2, 0.25) is 5.02 Å². The first-order valence-corrected chi connectivity index (χ1v) is 10.4. The number of anilines is 2. The van der Waals surface area contributed by atoms with Crippen LogP contribution in [0.4, 0.5) is 11.4 Å². The summed E-state index contributed by atoms with van der Waals surface area (Å²) in [5.41, 5.74) is 0.698. The van der Waals surface area contributed by atoms with Gasteiger partial charge in [0.1, 0.15) is 0 Å². The van der Waals surface area contributed by atoms with Crippen molar-refractivity contribution >= 4 is 38.9 Å². The molecule has 1 heterocycles. The molecule has 0 aliphatic carbocycles. The Bertz CT molecular complexity index is 1050. The summed E-state index contributed by atoms with van der Waals surface area (Å²) in [6, 6.07) is 14.5. The van der Waals surface area contributed by atoms with Crippen molar-refractivity contribution in [2.75, 3.05) is 10.0 Å². The summed E-state index contributed by atoms with van der Waals surface area (Å²) in [5.74, 6) is -0.194. The summed E-state index contributed by atoms with van der Waals surface area (Å²) in [4.78, 5) is 12.1. The molecule has 0 saturated heterocycles. The monoisotopic (exact) mass is 418 g/mol. The molecule has 9 heteroatoms. The fraction of sp³-hybridized carbons (Fsp3) is 0.158. The number of sulfonamides is 1. The molecule has 2 N–H and O–H groups in total. The van der Waals surface area contributed by atoms with Crippen molar-refractivity contribution < 1.29 is 13.2 Å². The number of carbonyl (C=O) groups excluding carboxylic acids is 1. The predicted molar refractivity (Wildman–Crippen MR) is 109 cm³/mol. The molecule has 146 valence electrons. The maximum absolute atomic E-state index is 12.6. The third kappa shape index (κ3) is 5.34. The fourth-order valence-electron chi connectivity index (χ4n) is 2.55. The minimum Gasteiger partial charge on any atom is -0.326 e. The van der Waals surface area contributed by atoms with Crippen molar-refractivity contribution in [3.05, 3.63) is 72.0 Å². The second-order valence-corrected chi connectivity index (χ2v) is 8.12. The molecule has 2 aromatic carbocycles. The Morgan fingerprint density at radius 1 is 1.11 bits per heavy atom. The number of para-hydroxylation sites is 1. The SMILES string of the molecule is O=C(CCCn1cccn1)Nc1cccc(S(=O)(=O)Nc2ccccc2Cl)c1. The summed E-state index contributed by atoms with van der Waals surface area (Å²) in [7, 11) is -3.84. The van der Waals surface area contributed by atoms with Gasteiger partial charge in [-0.3, -0.25) is 14.2 Å². The molecule has 0 radical (unpaired) electrons. The standard InChI is InChI=1S/C19H19ClN4O3S/c20-17-8-1-2-9-18(17)23-28(26,27)16-7-3-6-15(14-16)22-19(25)10-4-12-24-13-5-11-21-24/h1-3,5-9,11,13-14,23H,4,10,12H2,(H,22,25). The zero-order valence-corrected chi connectivity index (χ0v) is 16.4. The zero-order chi connectivity index (χ0) is 20.0. The molecular weight excluding hydrogens is 400 g/mol. The van der Waals surface area contributed by atoms with Gasteiger partial charge in [-0.2, -0.15) is 5.10 Å². The van der Waals surface area contributed by atoms with Gasteiger partial charge in [-0.05, 0) is 42.8 Å². The minimum absolute atomic E-state index is 0.0294. The number of aromatic nitrogens is 2. The molecule has 0 bridgehead atoms. The molecule has 1 amide bonds. The van der Waals surface area contributed by atoms with Crippen molar-refractivity contribution in [3.63, 3.8) is 0 Å². The van der Waals surface area contributed by atoms with Gasteiger partial charge in [0.2, 0.25) is 5.91 Å². The highest BCUT2D eigenvalue weighted by molar-refractivity contribution is 7.92. The van der Waals surface area contributed by atoms with E-state index >= 15 is 0 Å². The molecule has 3 aromatic rings. The van der Waals surface area contributed by atoms with Crippen LogP contribution in [0, 0.1) is 0 Å². The van der Waals surface area contributed by atoms with E-state index in [9.17, 15) is 13.2 Å². The van der Waals surface area contributed by atoms with Gasteiger partial charge < -0.3 is 5.32 Å². The highest BCUT2D eigenvalue weighted by atomic mass is 35.5. The molecule has 0 aliphatic rings. The number of halogens is 1. The molecule has 0 spiro atoms. The van der Waals surface area contributed by atoms with Gasteiger partial charge >= 0.3 is 0 Å². The number of nitrogens with zero attached hydrogens (tertiary/aromatic N) is 2. The predicted octanol–water partition coefficient (Wildman–Crippen LogP) is 3.76. The van der Waals surface area contributed by atoms with E-state index in [1.807, 2.05) is 12.3 Å². The van der Waals surface area contributed by atoms with Gasteiger partial charge in [0, 0.05) is 31.0 Å². The summed E-state index contributed by atoms with van der Waals surface area (Å²) in [6.45, 7) is 0.636. The molecule has 3 rings (SSSR count). The summed E-state index contributed by atoms with van der Waals surface area (Å²) < 4.78 is 29.4. The maximum atomic E-state index is 12.6. The van der Waals surface area contributed by atoms with Crippen LogP contribution in [0.3, 0.4) is 0 Å². The normalized spacial score (nSPS) is 11.2. The number of benzene rings is 2. The quantitative estimate of drug-likeness (QED) is 0.582. The number of amides is 1. The van der Waals surface area contributed by atoms with Crippen LogP contribution >= 0.6 is 11.6 Å². The van der Waals surface area contributed by atoms with Gasteiger partial charge in [-0.1, -0.05) is 29.8 Å². The molecule has 0 aliphatic heterocycles. The Kier molecular flexibility index (Phi) is 6.33. The van der Waals surface area contributed by atoms with E-state index in [1.54, 1.807) is 47.3 Å². The average molecular weight is 419 g/mol. The number of nitrogens with one attached hydrogen (secondary N) is 2. The van der Waals surface area contributed by atoms with E-state index < -0.39 is 10.0 Å². The number of carbonyl (C=O) groups is 1. The van der Waals surface area contributed by atoms with Crippen LogP contribution in [0.1, 0.15) is 12.8 Å². The lowest BCUT2D eigenvalue weighted by atomic mass is 10.2. The first-order chi connectivity index (χ1) is 13.4. The molecule has 0 saturated carbocycles. The molecule has 7 nitrogen and oxygen atoms in total. The van der Waals surface area contributed by atoms with Crippen LogP contribution in [0.25, 0.3) is 0 Å². The van der Waals surface area contributed by atoms with Crippen molar-refractivity contribution in [1.82, 2.24) is 9.78 Å². The van der Waals surface area contributed by atoms with E-state index in [-0.39, 0.29) is 16.5 Å². The highest BCUT2D eigenvalue weighted by Gasteiger charge is 2.16. The molecule has 0 fully saturated rings. The Balaban J connectivity index is 1.62. The lowest BCUT2D eigenvalue weighted by Gasteiger charge is -2.11. The highest BCUT2D eigenvalue weighted by Crippen LogP contribution is 2.25. The van der Waals surface area contributed by atoms with Crippen molar-refractivity contribution in [3.8, 4) is 0 Å². The van der Waals surface area contributed by atoms with E-state index in [4.69, 9.17) is 11.6 Å². The number of rotatable bonds is 8. The van der Waals surface area contributed by atoms with Gasteiger partial charge in [0.25, 0.3) is 10.0 Å². The molecule has 0 unspecified atom stereocenters. The Hall–Kier alpha value is -2.84. The third-order valence-corrected chi connectivity index (χ3v) is 5.59. The first kappa shape index (κ1) is 19.9. The number of aryl methyl sites for hydroxylation is 1. The van der Waals surface area contributed by atoms with Crippen molar-refractivity contribution in [2.24, 2.45) is 0 Å². The molecule has 28 heavy (non-hydrogen) atoms. The second-order valence-electron chi connectivity index (χ2n) is 6.03. The lowest BCUT2D eigenvalue weighted by molar-refractivity contribution is -0.116. The lowest BCUT2D eigenvalue weighted by Crippen LogP contribution is -2.15. The molecule has 0 atom stereocenters. The summed E-state index contributed by atoms with van der Waals surface area (Å²) in [6.07, 6.45) is 4.44. The summed E-state index contributed by atoms with van der Waals surface area (Å²) >= 11 is 6.01. The average Bonchev–Trinajstić information content (AvgIpc) is 3.17. The van der Waals surface area contributed by atoms with E-state index in [0.717, 1.165) is 0 Å². The second kappa shape index (κ2) is 8.90. The smallest absolute Gasteiger partial charge is 0.262 e. The number of hydrogen-bond acceptors (Lipinski definition) is 4. The fourth-order valence-corrected chi connectivity index (χ4v) is 3.91. The number of hydrogen-bond donors (Lipinski definition) is 2. The van der Waals surface area contributed by atoms with E-state index in [2.05, 4.69) is 15.1 Å². The maximum Gasteiger partial charge on any atom is 0.262 e. The Labute approximate surface area is 168 Å². The van der Waals surface area contributed by atoms with Gasteiger partial charge in [0.15, 0.2) is 0 Å². The van der Waals surface area contributed by atoms with Crippen LogP contribution in [-0.4, -0.2) is 24.1 Å². The van der Waals surface area contributed by atoms with Gasteiger partial charge in [0.05, 0.1) is 15.6 Å². The Morgan fingerprint density at radius 2 is 1.93 bits per heavy atom. The van der Waals surface area contributed by atoms with E-state index in [1.165, 1.54) is 12.1 Å². The molecule has 1 aromatic heterocycles. The van der Waals surface area contributed by atoms with Crippen molar-refractivity contribution in [1.29, 1.82) is 0 Å². The van der Waals surface area contributed by atoms with E-state index in [0.29, 0.717) is 30.1 Å². The minimum atomic E-state index is -3.84. The largest absolute Gasteiger partial charge is 0.326 e. The van der Waals surface area contributed by atoms with Gasteiger partial charge in [-0.15, -0.1) is 0 Å². The van der Waals surface area contributed by atoms with Gasteiger partial charge in [-0.25, -0.2) is 8.42 Å². The topological polar surface area (TPSA) is 93.1 Å². The summed E-state index contributed by atoms with van der Waals surface area (Å²) in [5, 5.41) is 7.10. The van der Waals surface area contributed by atoms with Crippen molar-refractivity contribution in [2.45, 2.75) is 24.3 Å². The Morgan fingerprint density at radius 3 is 2.68 bits per heavy atom. The van der Waals surface area contributed by atoms with Crippen LogP contribution in [-0.2, 0) is 21.4 Å². The van der Waals surface area contributed by atoms with Crippen LogP contribution < -0.4 is 10.0 Å². The van der Waals surface area contributed by atoms with Crippen LogP contribution in [0.15, 0.2) is 71.9 Å².